The topological polar surface area (TPSA) is 47.3 Å². The Morgan fingerprint density at radius 1 is 1.33 bits per heavy atom. The summed E-state index contributed by atoms with van der Waals surface area (Å²) >= 11 is 0. The zero-order valence-corrected chi connectivity index (χ0v) is 9.80. The van der Waals surface area contributed by atoms with Crippen LogP contribution in [-0.2, 0) is 4.74 Å². The Morgan fingerprint density at radius 3 is 2.53 bits per heavy atom. The lowest BCUT2D eigenvalue weighted by Gasteiger charge is -2.40. The van der Waals surface area contributed by atoms with Gasteiger partial charge in [0.15, 0.2) is 0 Å². The van der Waals surface area contributed by atoms with Crippen LogP contribution < -0.4 is 11.1 Å². The third kappa shape index (κ3) is 2.71. The molecule has 1 aliphatic carbocycles. The van der Waals surface area contributed by atoms with E-state index in [0.29, 0.717) is 5.41 Å². The van der Waals surface area contributed by atoms with E-state index in [4.69, 9.17) is 10.5 Å². The molecule has 0 atom stereocenters. The van der Waals surface area contributed by atoms with Crippen LogP contribution in [0.5, 0.6) is 0 Å². The Bertz CT molecular complexity index is 196. The highest BCUT2D eigenvalue weighted by atomic mass is 16.5. The van der Waals surface area contributed by atoms with Gasteiger partial charge in [-0.2, -0.15) is 0 Å². The Labute approximate surface area is 92.7 Å². The van der Waals surface area contributed by atoms with Gasteiger partial charge in [0.2, 0.25) is 0 Å². The normalized spacial score (nSPS) is 34.8. The molecular weight excluding hydrogens is 188 g/mol. The molecule has 2 fully saturated rings. The minimum absolute atomic E-state index is 0.317. The fourth-order valence-electron chi connectivity index (χ4n) is 2.69. The second-order valence-corrected chi connectivity index (χ2v) is 5.47. The molecule has 15 heavy (non-hydrogen) atoms. The van der Waals surface area contributed by atoms with Gasteiger partial charge in [-0.3, -0.25) is 0 Å². The highest BCUT2D eigenvalue weighted by Gasteiger charge is 2.33. The van der Waals surface area contributed by atoms with Crippen LogP contribution in [0.15, 0.2) is 0 Å². The molecule has 0 aromatic heterocycles. The van der Waals surface area contributed by atoms with Gasteiger partial charge in [-0.15, -0.1) is 0 Å². The standard InChI is InChI=1S/C12H24N2O/c1-10-6-11(7-10)14-9-12(8-13)2-4-15-5-3-12/h10-11,14H,2-9,13H2,1H3. The van der Waals surface area contributed by atoms with E-state index in [9.17, 15) is 0 Å². The third-order valence-corrected chi connectivity index (χ3v) is 4.13. The summed E-state index contributed by atoms with van der Waals surface area (Å²) in [5.41, 5.74) is 6.23. The van der Waals surface area contributed by atoms with Crippen LogP contribution in [0.25, 0.3) is 0 Å². The van der Waals surface area contributed by atoms with Crippen LogP contribution in [0.4, 0.5) is 0 Å². The molecule has 1 heterocycles. The molecule has 1 saturated carbocycles. The van der Waals surface area contributed by atoms with E-state index in [1.165, 1.54) is 12.8 Å². The molecule has 3 N–H and O–H groups in total. The molecule has 1 aliphatic heterocycles. The number of nitrogens with two attached hydrogens (primary N) is 1. The molecule has 88 valence electrons. The van der Waals surface area contributed by atoms with E-state index in [1.807, 2.05) is 0 Å². The van der Waals surface area contributed by atoms with Gasteiger partial charge in [-0.05, 0) is 43.6 Å². The summed E-state index contributed by atoms with van der Waals surface area (Å²) in [6, 6.07) is 0.756. The largest absolute Gasteiger partial charge is 0.381 e. The molecule has 3 heteroatoms. The number of ether oxygens (including phenoxy) is 1. The van der Waals surface area contributed by atoms with Gasteiger partial charge in [-0.25, -0.2) is 0 Å². The molecule has 0 spiro atoms. The average Bonchev–Trinajstić information content (AvgIpc) is 2.24. The van der Waals surface area contributed by atoms with Crippen molar-refractivity contribution in [2.45, 2.75) is 38.6 Å². The lowest BCUT2D eigenvalue weighted by atomic mass is 9.77. The maximum Gasteiger partial charge on any atom is 0.0472 e. The summed E-state index contributed by atoms with van der Waals surface area (Å²) in [7, 11) is 0. The predicted octanol–water partition coefficient (Wildman–Crippen LogP) is 1.13. The van der Waals surface area contributed by atoms with Crippen molar-refractivity contribution in [2.24, 2.45) is 17.1 Å². The van der Waals surface area contributed by atoms with E-state index in [0.717, 1.165) is 51.1 Å². The van der Waals surface area contributed by atoms with E-state index in [2.05, 4.69) is 12.2 Å². The van der Waals surface area contributed by atoms with Crippen molar-refractivity contribution in [2.75, 3.05) is 26.3 Å². The number of nitrogens with one attached hydrogen (secondary N) is 1. The second-order valence-electron chi connectivity index (χ2n) is 5.47. The van der Waals surface area contributed by atoms with Crippen LogP contribution in [-0.4, -0.2) is 32.3 Å². The van der Waals surface area contributed by atoms with Crippen LogP contribution in [0.3, 0.4) is 0 Å². The summed E-state index contributed by atoms with van der Waals surface area (Å²) in [5, 5.41) is 3.68. The van der Waals surface area contributed by atoms with Crippen molar-refractivity contribution < 1.29 is 4.74 Å². The molecule has 0 radical (unpaired) electrons. The number of rotatable bonds is 4. The summed E-state index contributed by atoms with van der Waals surface area (Å²) in [6.45, 7) is 5.99. The highest BCUT2D eigenvalue weighted by molar-refractivity contribution is 4.89. The fourth-order valence-corrected chi connectivity index (χ4v) is 2.69. The van der Waals surface area contributed by atoms with Gasteiger partial charge in [0.1, 0.15) is 0 Å². The molecule has 1 saturated heterocycles. The van der Waals surface area contributed by atoms with Crippen LogP contribution in [0.1, 0.15) is 32.6 Å². The Kier molecular flexibility index (Phi) is 3.65. The Hall–Kier alpha value is -0.120. The number of hydrogen-bond donors (Lipinski definition) is 2. The Morgan fingerprint density at radius 2 is 2.00 bits per heavy atom. The lowest BCUT2D eigenvalue weighted by Crippen LogP contribution is -2.50. The summed E-state index contributed by atoms with van der Waals surface area (Å²) < 4.78 is 5.41. The van der Waals surface area contributed by atoms with Crippen molar-refractivity contribution in [3.63, 3.8) is 0 Å². The van der Waals surface area contributed by atoms with Crippen molar-refractivity contribution in [1.29, 1.82) is 0 Å². The van der Waals surface area contributed by atoms with Crippen LogP contribution in [0, 0.1) is 11.3 Å². The SMILES string of the molecule is CC1CC(NCC2(CN)CCOCC2)C1. The van der Waals surface area contributed by atoms with E-state index in [-0.39, 0.29) is 0 Å². The first-order valence-electron chi connectivity index (χ1n) is 6.25. The molecule has 3 nitrogen and oxygen atoms in total. The van der Waals surface area contributed by atoms with E-state index >= 15 is 0 Å². The molecule has 0 aromatic carbocycles. The summed E-state index contributed by atoms with van der Waals surface area (Å²) in [4.78, 5) is 0. The van der Waals surface area contributed by atoms with Crippen LogP contribution in [0.2, 0.25) is 0 Å². The monoisotopic (exact) mass is 212 g/mol. The van der Waals surface area contributed by atoms with Gasteiger partial charge in [0.05, 0.1) is 0 Å². The van der Waals surface area contributed by atoms with E-state index in [1.54, 1.807) is 0 Å². The molecule has 2 rings (SSSR count). The average molecular weight is 212 g/mol. The van der Waals surface area contributed by atoms with E-state index < -0.39 is 0 Å². The van der Waals surface area contributed by atoms with Crippen molar-refractivity contribution >= 4 is 0 Å². The lowest BCUT2D eigenvalue weighted by molar-refractivity contribution is 0.0155. The minimum Gasteiger partial charge on any atom is -0.381 e. The van der Waals surface area contributed by atoms with Gasteiger partial charge in [-0.1, -0.05) is 6.92 Å². The summed E-state index contributed by atoms with van der Waals surface area (Å²) in [5.74, 6) is 0.922. The van der Waals surface area contributed by atoms with Gasteiger partial charge in [0.25, 0.3) is 0 Å². The zero-order chi connectivity index (χ0) is 10.7. The van der Waals surface area contributed by atoms with Crippen molar-refractivity contribution in [1.82, 2.24) is 5.32 Å². The zero-order valence-electron chi connectivity index (χ0n) is 9.80. The molecule has 0 aromatic rings. The maximum atomic E-state index is 5.92. The molecule has 0 bridgehead atoms. The predicted molar refractivity (Wildman–Crippen MR) is 61.7 cm³/mol. The smallest absolute Gasteiger partial charge is 0.0472 e. The first kappa shape index (κ1) is 11.4. The van der Waals surface area contributed by atoms with Gasteiger partial charge >= 0.3 is 0 Å². The summed E-state index contributed by atoms with van der Waals surface area (Å²) in [6.07, 6.45) is 4.94. The molecule has 0 amide bonds. The quantitative estimate of drug-likeness (QED) is 0.734. The first-order valence-corrected chi connectivity index (χ1v) is 6.25. The number of hydrogen-bond acceptors (Lipinski definition) is 3. The fraction of sp³-hybridized carbons (Fsp3) is 1.00. The van der Waals surface area contributed by atoms with Gasteiger partial charge in [0, 0.05) is 25.8 Å². The molecular formula is C12H24N2O. The molecule has 2 aliphatic rings. The molecule has 0 unspecified atom stereocenters. The second kappa shape index (κ2) is 4.81. The van der Waals surface area contributed by atoms with Gasteiger partial charge < -0.3 is 15.8 Å². The van der Waals surface area contributed by atoms with Crippen molar-refractivity contribution in [3.05, 3.63) is 0 Å². The third-order valence-electron chi connectivity index (χ3n) is 4.13. The maximum absolute atomic E-state index is 5.92. The highest BCUT2D eigenvalue weighted by Crippen LogP contribution is 2.31. The van der Waals surface area contributed by atoms with Crippen LogP contribution >= 0.6 is 0 Å². The first-order chi connectivity index (χ1) is 7.24. The Balaban J connectivity index is 1.74. The van der Waals surface area contributed by atoms with Crippen molar-refractivity contribution in [3.8, 4) is 0 Å². The minimum atomic E-state index is 0.317.